The molecule has 1 aromatic rings. The van der Waals surface area contributed by atoms with E-state index in [0.717, 1.165) is 17.4 Å². The maximum Gasteiger partial charge on any atom is 0.273 e. The van der Waals surface area contributed by atoms with Gasteiger partial charge in [-0.05, 0) is 24.3 Å². The predicted octanol–water partition coefficient (Wildman–Crippen LogP) is 1.61. The van der Waals surface area contributed by atoms with Crippen molar-refractivity contribution in [1.82, 2.24) is 0 Å². The second-order valence-corrected chi connectivity index (χ2v) is 5.94. The molecule has 0 radical (unpaired) electrons. The van der Waals surface area contributed by atoms with Crippen LogP contribution in [0.2, 0.25) is 0 Å². The van der Waals surface area contributed by atoms with Crippen molar-refractivity contribution in [2.75, 3.05) is 4.90 Å². The van der Waals surface area contributed by atoms with Gasteiger partial charge in [-0.25, -0.2) is 4.90 Å². The maximum atomic E-state index is 12.6. The number of phenolic OH excluding ortho intramolecular Hbond substituents is 1. The van der Waals surface area contributed by atoms with E-state index in [1.54, 1.807) is 0 Å². The molecule has 0 unspecified atom stereocenters. The summed E-state index contributed by atoms with van der Waals surface area (Å²) in [5.41, 5.74) is -0.267. The Bertz CT molecular complexity index is 726. The summed E-state index contributed by atoms with van der Waals surface area (Å²) in [4.78, 5) is 36.2. The Balaban J connectivity index is 1.74. The third-order valence-electron chi connectivity index (χ3n) is 4.88. The number of rotatable bonds is 2. The van der Waals surface area contributed by atoms with E-state index in [-0.39, 0.29) is 46.9 Å². The molecule has 2 aliphatic carbocycles. The molecule has 3 aliphatic rings. The minimum Gasteiger partial charge on any atom is -0.505 e. The fourth-order valence-corrected chi connectivity index (χ4v) is 3.95. The summed E-state index contributed by atoms with van der Waals surface area (Å²) in [6, 6.07) is 3.38. The standard InChI is InChI=1S/C15H12N2O5/c18-11-6-9(17(21)22)3-4-10(11)16-14(19)12-7-1-2-8(5-7)13(12)15(16)20/h1-4,6-8,12-13,18H,5H2/t7-,8+,12-,13-/m0/s1. The van der Waals surface area contributed by atoms with Crippen LogP contribution < -0.4 is 4.90 Å². The number of carbonyl (C=O) groups excluding carboxylic acids is 2. The van der Waals surface area contributed by atoms with Crippen LogP contribution >= 0.6 is 0 Å². The van der Waals surface area contributed by atoms with Crippen molar-refractivity contribution in [3.63, 3.8) is 0 Å². The number of hydrogen-bond donors (Lipinski definition) is 1. The summed E-state index contributed by atoms with van der Waals surface area (Å²) < 4.78 is 0. The molecule has 1 aromatic carbocycles. The van der Waals surface area contributed by atoms with Crippen LogP contribution in [0, 0.1) is 33.8 Å². The first-order valence-corrected chi connectivity index (χ1v) is 7.02. The van der Waals surface area contributed by atoms with Gasteiger partial charge in [-0.15, -0.1) is 0 Å². The summed E-state index contributed by atoms with van der Waals surface area (Å²) in [7, 11) is 0. The molecular weight excluding hydrogens is 288 g/mol. The molecule has 1 N–H and O–H groups in total. The van der Waals surface area contributed by atoms with Crippen molar-refractivity contribution in [2.24, 2.45) is 23.7 Å². The van der Waals surface area contributed by atoms with Crippen molar-refractivity contribution in [3.8, 4) is 5.75 Å². The lowest BCUT2D eigenvalue weighted by Crippen LogP contribution is -2.32. The summed E-state index contributed by atoms with van der Waals surface area (Å²) in [6.45, 7) is 0. The van der Waals surface area contributed by atoms with Crippen LogP contribution in [0.1, 0.15) is 6.42 Å². The van der Waals surface area contributed by atoms with E-state index >= 15 is 0 Å². The van der Waals surface area contributed by atoms with E-state index in [1.165, 1.54) is 12.1 Å². The Morgan fingerprint density at radius 3 is 2.23 bits per heavy atom. The van der Waals surface area contributed by atoms with E-state index in [2.05, 4.69) is 0 Å². The molecule has 1 heterocycles. The van der Waals surface area contributed by atoms with Gasteiger partial charge in [0.1, 0.15) is 5.75 Å². The van der Waals surface area contributed by atoms with Crippen molar-refractivity contribution < 1.29 is 19.6 Å². The molecule has 1 saturated carbocycles. The molecule has 2 amide bonds. The lowest BCUT2D eigenvalue weighted by Gasteiger charge is -2.18. The molecular formula is C15H12N2O5. The van der Waals surface area contributed by atoms with E-state index < -0.39 is 10.7 Å². The largest absolute Gasteiger partial charge is 0.505 e. The molecule has 7 nitrogen and oxygen atoms in total. The maximum absolute atomic E-state index is 12.6. The zero-order chi connectivity index (χ0) is 15.6. The van der Waals surface area contributed by atoms with Gasteiger partial charge in [-0.3, -0.25) is 19.7 Å². The minimum atomic E-state index is -0.643. The number of anilines is 1. The van der Waals surface area contributed by atoms with Crippen LogP contribution in [0.15, 0.2) is 30.4 Å². The average molecular weight is 300 g/mol. The van der Waals surface area contributed by atoms with Crippen LogP contribution in [0.25, 0.3) is 0 Å². The molecule has 0 spiro atoms. The van der Waals surface area contributed by atoms with Gasteiger partial charge in [0.15, 0.2) is 0 Å². The van der Waals surface area contributed by atoms with Crippen LogP contribution in [0.5, 0.6) is 5.75 Å². The van der Waals surface area contributed by atoms with Gasteiger partial charge in [0, 0.05) is 6.07 Å². The highest BCUT2D eigenvalue weighted by molar-refractivity contribution is 6.23. The van der Waals surface area contributed by atoms with Crippen LogP contribution in [0.4, 0.5) is 11.4 Å². The third kappa shape index (κ3) is 1.50. The number of phenols is 1. The van der Waals surface area contributed by atoms with E-state index in [0.29, 0.717) is 0 Å². The highest BCUT2D eigenvalue weighted by atomic mass is 16.6. The van der Waals surface area contributed by atoms with Gasteiger partial charge >= 0.3 is 0 Å². The number of nitro groups is 1. The molecule has 0 aromatic heterocycles. The molecule has 2 fully saturated rings. The topological polar surface area (TPSA) is 101 Å². The van der Waals surface area contributed by atoms with Crippen molar-refractivity contribution in [1.29, 1.82) is 0 Å². The molecule has 112 valence electrons. The Kier molecular flexibility index (Phi) is 2.46. The number of hydrogen-bond acceptors (Lipinski definition) is 5. The van der Waals surface area contributed by atoms with Gasteiger partial charge in [0.05, 0.1) is 28.5 Å². The van der Waals surface area contributed by atoms with Crippen LogP contribution in [-0.2, 0) is 9.59 Å². The third-order valence-corrected chi connectivity index (χ3v) is 4.88. The highest BCUT2D eigenvalue weighted by Crippen LogP contribution is 2.53. The molecule has 4 rings (SSSR count). The van der Waals surface area contributed by atoms with Gasteiger partial charge in [0.2, 0.25) is 11.8 Å². The molecule has 7 heteroatoms. The number of nitrogens with zero attached hydrogens (tertiary/aromatic N) is 2. The first-order valence-electron chi connectivity index (χ1n) is 7.02. The van der Waals surface area contributed by atoms with Crippen LogP contribution in [-0.4, -0.2) is 21.8 Å². The Morgan fingerprint density at radius 1 is 1.14 bits per heavy atom. The van der Waals surface area contributed by atoms with E-state index in [1.807, 2.05) is 12.2 Å². The Labute approximate surface area is 125 Å². The lowest BCUT2D eigenvalue weighted by molar-refractivity contribution is -0.384. The Hall–Kier alpha value is -2.70. The first kappa shape index (κ1) is 13.0. The van der Waals surface area contributed by atoms with E-state index in [9.17, 15) is 24.8 Å². The number of fused-ring (bicyclic) bond motifs is 5. The van der Waals surface area contributed by atoms with Crippen molar-refractivity contribution in [3.05, 3.63) is 40.5 Å². The summed E-state index contributed by atoms with van der Waals surface area (Å²) in [5, 5.41) is 20.7. The second kappa shape index (κ2) is 4.16. The number of amides is 2. The molecule has 4 atom stereocenters. The monoisotopic (exact) mass is 300 g/mol. The second-order valence-electron chi connectivity index (χ2n) is 5.94. The fourth-order valence-electron chi connectivity index (χ4n) is 3.95. The number of aromatic hydroxyl groups is 1. The zero-order valence-corrected chi connectivity index (χ0v) is 11.4. The summed E-state index contributed by atoms with van der Waals surface area (Å²) in [6.07, 6.45) is 4.79. The average Bonchev–Trinajstić information content (AvgIpc) is 3.14. The van der Waals surface area contributed by atoms with Crippen molar-refractivity contribution >= 4 is 23.2 Å². The van der Waals surface area contributed by atoms with Crippen LogP contribution in [0.3, 0.4) is 0 Å². The molecule has 22 heavy (non-hydrogen) atoms. The number of imide groups is 1. The van der Waals surface area contributed by atoms with Gasteiger partial charge in [-0.1, -0.05) is 12.2 Å². The molecule has 2 bridgehead atoms. The van der Waals surface area contributed by atoms with Gasteiger partial charge < -0.3 is 5.11 Å². The SMILES string of the molecule is O=C1[C@@H]2[C@@H](C(=O)N1c1ccc([N+](=O)[O-])cc1O)[C@H]1C=C[C@@H]2C1. The number of benzene rings is 1. The Morgan fingerprint density at radius 2 is 1.73 bits per heavy atom. The first-order chi connectivity index (χ1) is 10.5. The predicted molar refractivity (Wildman–Crippen MR) is 75.0 cm³/mol. The number of allylic oxidation sites excluding steroid dienone is 2. The highest BCUT2D eigenvalue weighted by Gasteiger charge is 2.59. The molecule has 1 saturated heterocycles. The smallest absolute Gasteiger partial charge is 0.273 e. The number of nitro benzene ring substituents is 1. The van der Waals surface area contributed by atoms with Gasteiger partial charge in [0.25, 0.3) is 5.69 Å². The van der Waals surface area contributed by atoms with Crippen molar-refractivity contribution in [2.45, 2.75) is 6.42 Å². The van der Waals surface area contributed by atoms with Gasteiger partial charge in [-0.2, -0.15) is 0 Å². The summed E-state index contributed by atoms with van der Waals surface area (Å²) >= 11 is 0. The normalized spacial score (nSPS) is 31.9. The lowest BCUT2D eigenvalue weighted by atomic mass is 9.85. The number of carbonyl (C=O) groups is 2. The number of non-ortho nitro benzene ring substituents is 1. The quantitative estimate of drug-likeness (QED) is 0.387. The fraction of sp³-hybridized carbons (Fsp3) is 0.333. The van der Waals surface area contributed by atoms with E-state index in [4.69, 9.17) is 0 Å². The summed E-state index contributed by atoms with van der Waals surface area (Å²) in [5.74, 6) is -1.65. The zero-order valence-electron chi connectivity index (χ0n) is 11.4. The molecule has 1 aliphatic heterocycles. The minimum absolute atomic E-state index is 0.0226.